The number of ether oxygens (including phenoxy) is 2. The standard InChI is InChI=1S/C15H22N2O6S/c1-22-8-6-16-14-5-4-12(9-13(14)15(18)19)24(20,21)17-10-11-3-2-7-23-11/h4-5,9,11,16-17H,2-3,6-8,10H2,1H3,(H,18,19)/t11-/m0/s1. The molecular formula is C15H22N2O6S. The lowest BCUT2D eigenvalue weighted by atomic mass is 10.2. The molecular weight excluding hydrogens is 336 g/mol. The Morgan fingerprint density at radius 3 is 2.88 bits per heavy atom. The van der Waals surface area contributed by atoms with Crippen molar-refractivity contribution in [2.75, 3.05) is 38.7 Å². The van der Waals surface area contributed by atoms with Crippen LogP contribution >= 0.6 is 0 Å². The number of carboxylic acid groups (broad SMARTS) is 1. The molecule has 0 saturated carbocycles. The van der Waals surface area contributed by atoms with Crippen LogP contribution in [0.3, 0.4) is 0 Å². The number of methoxy groups -OCH3 is 1. The highest BCUT2D eigenvalue weighted by molar-refractivity contribution is 7.89. The topological polar surface area (TPSA) is 114 Å². The van der Waals surface area contributed by atoms with E-state index in [1.165, 1.54) is 19.2 Å². The van der Waals surface area contributed by atoms with Gasteiger partial charge in [0.1, 0.15) is 0 Å². The summed E-state index contributed by atoms with van der Waals surface area (Å²) in [5.41, 5.74) is 0.240. The first-order valence-corrected chi connectivity index (χ1v) is 9.14. The molecule has 1 fully saturated rings. The van der Waals surface area contributed by atoms with E-state index in [0.717, 1.165) is 18.9 Å². The van der Waals surface area contributed by atoms with Crippen LogP contribution in [0, 0.1) is 0 Å². The molecule has 1 aromatic rings. The molecule has 1 atom stereocenters. The molecule has 134 valence electrons. The Morgan fingerprint density at radius 1 is 1.46 bits per heavy atom. The summed E-state index contributed by atoms with van der Waals surface area (Å²) in [6.07, 6.45) is 1.59. The fraction of sp³-hybridized carbons (Fsp3) is 0.533. The summed E-state index contributed by atoms with van der Waals surface area (Å²) in [6, 6.07) is 3.97. The molecule has 1 aliphatic heterocycles. The molecule has 3 N–H and O–H groups in total. The molecule has 8 nitrogen and oxygen atoms in total. The fourth-order valence-electron chi connectivity index (χ4n) is 2.40. The highest BCUT2D eigenvalue weighted by atomic mass is 32.2. The van der Waals surface area contributed by atoms with Gasteiger partial charge in [-0.05, 0) is 31.0 Å². The highest BCUT2D eigenvalue weighted by Gasteiger charge is 2.22. The monoisotopic (exact) mass is 358 g/mol. The van der Waals surface area contributed by atoms with Gasteiger partial charge in [-0.15, -0.1) is 0 Å². The minimum atomic E-state index is -3.79. The average molecular weight is 358 g/mol. The van der Waals surface area contributed by atoms with Crippen LogP contribution in [-0.2, 0) is 19.5 Å². The predicted octanol–water partition coefficient (Wildman–Crippen LogP) is 0.900. The molecule has 1 heterocycles. The van der Waals surface area contributed by atoms with Crippen LogP contribution in [0.2, 0.25) is 0 Å². The zero-order chi connectivity index (χ0) is 17.6. The van der Waals surface area contributed by atoms with Gasteiger partial charge >= 0.3 is 5.97 Å². The van der Waals surface area contributed by atoms with E-state index >= 15 is 0 Å². The van der Waals surface area contributed by atoms with Crippen molar-refractivity contribution in [3.63, 3.8) is 0 Å². The van der Waals surface area contributed by atoms with Gasteiger partial charge in [-0.25, -0.2) is 17.9 Å². The lowest BCUT2D eigenvalue weighted by Gasteiger charge is -2.14. The number of sulfonamides is 1. The Balaban J connectivity index is 2.13. The smallest absolute Gasteiger partial charge is 0.337 e. The third-order valence-electron chi connectivity index (χ3n) is 3.68. The second-order valence-corrected chi connectivity index (χ2v) is 7.19. The number of nitrogens with one attached hydrogen (secondary N) is 2. The maximum Gasteiger partial charge on any atom is 0.337 e. The van der Waals surface area contributed by atoms with Crippen molar-refractivity contribution in [3.8, 4) is 0 Å². The zero-order valence-corrected chi connectivity index (χ0v) is 14.3. The quantitative estimate of drug-likeness (QED) is 0.562. The molecule has 2 rings (SSSR count). The van der Waals surface area contributed by atoms with Crippen molar-refractivity contribution >= 4 is 21.7 Å². The van der Waals surface area contributed by atoms with Crippen LogP contribution < -0.4 is 10.0 Å². The van der Waals surface area contributed by atoms with Gasteiger partial charge in [0.2, 0.25) is 10.0 Å². The summed E-state index contributed by atoms with van der Waals surface area (Å²) in [5.74, 6) is -1.20. The van der Waals surface area contributed by atoms with Crippen LogP contribution in [-0.4, -0.2) is 59.0 Å². The van der Waals surface area contributed by atoms with Gasteiger partial charge in [-0.3, -0.25) is 0 Å². The maximum atomic E-state index is 12.3. The summed E-state index contributed by atoms with van der Waals surface area (Å²) in [7, 11) is -2.25. The van der Waals surface area contributed by atoms with Crippen molar-refractivity contribution in [1.82, 2.24) is 4.72 Å². The van der Waals surface area contributed by atoms with E-state index in [4.69, 9.17) is 9.47 Å². The molecule has 0 aliphatic carbocycles. The molecule has 1 saturated heterocycles. The van der Waals surface area contributed by atoms with Gasteiger partial charge in [0.25, 0.3) is 0 Å². The van der Waals surface area contributed by atoms with Crippen molar-refractivity contribution in [2.24, 2.45) is 0 Å². The van der Waals surface area contributed by atoms with Crippen LogP contribution in [0.25, 0.3) is 0 Å². The van der Waals surface area contributed by atoms with Crippen LogP contribution in [0.15, 0.2) is 23.1 Å². The van der Waals surface area contributed by atoms with Crippen molar-refractivity contribution < 1.29 is 27.8 Å². The zero-order valence-electron chi connectivity index (χ0n) is 13.4. The van der Waals surface area contributed by atoms with Crippen LogP contribution in [0.5, 0.6) is 0 Å². The molecule has 0 amide bonds. The van der Waals surface area contributed by atoms with Crippen molar-refractivity contribution in [3.05, 3.63) is 23.8 Å². The summed E-state index contributed by atoms with van der Waals surface area (Å²) in [6.45, 7) is 1.64. The molecule has 0 unspecified atom stereocenters. The SMILES string of the molecule is COCCNc1ccc(S(=O)(=O)NC[C@@H]2CCCO2)cc1C(=O)O. The first-order valence-electron chi connectivity index (χ1n) is 7.65. The van der Waals surface area contributed by atoms with E-state index in [1.54, 1.807) is 0 Å². The highest BCUT2D eigenvalue weighted by Crippen LogP contribution is 2.21. The number of hydrogen-bond donors (Lipinski definition) is 3. The van der Waals surface area contributed by atoms with Gasteiger partial charge in [-0.2, -0.15) is 0 Å². The van der Waals surface area contributed by atoms with Crippen LogP contribution in [0.1, 0.15) is 23.2 Å². The normalized spacial score (nSPS) is 17.8. The lowest BCUT2D eigenvalue weighted by molar-refractivity contribution is 0.0697. The van der Waals surface area contributed by atoms with E-state index in [9.17, 15) is 18.3 Å². The van der Waals surface area contributed by atoms with Gasteiger partial charge in [-0.1, -0.05) is 0 Å². The second-order valence-electron chi connectivity index (χ2n) is 5.42. The van der Waals surface area contributed by atoms with Gasteiger partial charge in [0, 0.05) is 32.5 Å². The molecule has 0 bridgehead atoms. The Labute approximate surface area is 141 Å². The number of hydrogen-bond acceptors (Lipinski definition) is 6. The number of benzene rings is 1. The molecule has 0 spiro atoms. The summed E-state index contributed by atoms with van der Waals surface area (Å²) >= 11 is 0. The van der Waals surface area contributed by atoms with Gasteiger partial charge in [0.15, 0.2) is 0 Å². The minimum Gasteiger partial charge on any atom is -0.478 e. The van der Waals surface area contributed by atoms with E-state index in [-0.39, 0.29) is 23.1 Å². The lowest BCUT2D eigenvalue weighted by Crippen LogP contribution is -2.32. The van der Waals surface area contributed by atoms with Gasteiger partial charge in [0.05, 0.1) is 23.2 Å². The van der Waals surface area contributed by atoms with E-state index < -0.39 is 16.0 Å². The third kappa shape index (κ3) is 4.91. The molecule has 9 heteroatoms. The second kappa shape index (κ2) is 8.43. The van der Waals surface area contributed by atoms with Crippen LogP contribution in [0.4, 0.5) is 5.69 Å². The largest absolute Gasteiger partial charge is 0.478 e. The number of anilines is 1. The Bertz CT molecular complexity index is 671. The minimum absolute atomic E-state index is 0.0878. The Morgan fingerprint density at radius 2 is 2.25 bits per heavy atom. The average Bonchev–Trinajstić information content (AvgIpc) is 3.07. The fourth-order valence-corrected chi connectivity index (χ4v) is 3.49. The van der Waals surface area contributed by atoms with E-state index in [0.29, 0.717) is 25.4 Å². The maximum absolute atomic E-state index is 12.3. The third-order valence-corrected chi connectivity index (χ3v) is 5.10. The van der Waals surface area contributed by atoms with Crippen molar-refractivity contribution in [2.45, 2.75) is 23.8 Å². The molecule has 0 radical (unpaired) electrons. The molecule has 1 aliphatic rings. The summed E-state index contributed by atoms with van der Waals surface area (Å²) in [4.78, 5) is 11.3. The first kappa shape index (κ1) is 18.7. The number of carbonyl (C=O) groups is 1. The molecule has 24 heavy (non-hydrogen) atoms. The number of rotatable bonds is 9. The number of aromatic carboxylic acids is 1. The molecule has 0 aromatic heterocycles. The first-order chi connectivity index (χ1) is 11.4. The van der Waals surface area contributed by atoms with Crippen molar-refractivity contribution in [1.29, 1.82) is 0 Å². The van der Waals surface area contributed by atoms with Gasteiger partial charge < -0.3 is 19.9 Å². The Kier molecular flexibility index (Phi) is 6.55. The Hall–Kier alpha value is -1.68. The predicted molar refractivity (Wildman–Crippen MR) is 87.9 cm³/mol. The summed E-state index contributed by atoms with van der Waals surface area (Å²) < 4.78 is 37.4. The molecule has 1 aromatic carbocycles. The summed E-state index contributed by atoms with van der Waals surface area (Å²) in [5, 5.41) is 12.2. The van der Waals surface area contributed by atoms with E-state index in [1.807, 2.05) is 0 Å². The van der Waals surface area contributed by atoms with E-state index in [2.05, 4.69) is 10.0 Å². The number of carboxylic acids is 1.